The van der Waals surface area contributed by atoms with Gasteiger partial charge in [0, 0.05) is 19.6 Å². The van der Waals surface area contributed by atoms with E-state index in [1.165, 1.54) is 6.42 Å². The summed E-state index contributed by atoms with van der Waals surface area (Å²) in [6.07, 6.45) is 4.95. The normalized spacial score (nSPS) is 19.4. The highest BCUT2D eigenvalue weighted by atomic mass is 16.2. The highest BCUT2D eigenvalue weighted by molar-refractivity contribution is 5.88. The van der Waals surface area contributed by atoms with Crippen LogP contribution in [0.25, 0.3) is 0 Å². The Labute approximate surface area is 172 Å². The Hall–Kier alpha value is -2.82. The summed E-state index contributed by atoms with van der Waals surface area (Å²) in [6, 6.07) is 19.3. The SMILES string of the molecule is O=C([C@@H]1CCCN1C(=O)NC(c1ccccc1)c1ccccc1)N1CCCCC1. The van der Waals surface area contributed by atoms with E-state index in [9.17, 15) is 9.59 Å². The van der Waals surface area contributed by atoms with Crippen LogP contribution in [0.4, 0.5) is 4.79 Å². The highest BCUT2D eigenvalue weighted by Crippen LogP contribution is 2.25. The van der Waals surface area contributed by atoms with Gasteiger partial charge in [0.2, 0.25) is 5.91 Å². The lowest BCUT2D eigenvalue weighted by molar-refractivity contribution is -0.136. The molecule has 1 N–H and O–H groups in total. The Bertz CT molecular complexity index is 779. The van der Waals surface area contributed by atoms with Crippen molar-refractivity contribution in [3.05, 3.63) is 71.8 Å². The molecule has 2 heterocycles. The number of carbonyl (C=O) groups is 2. The lowest BCUT2D eigenvalue weighted by atomic mass is 9.99. The molecule has 2 fully saturated rings. The Balaban J connectivity index is 1.51. The fourth-order valence-corrected chi connectivity index (χ4v) is 4.45. The molecule has 2 aliphatic heterocycles. The third-order valence-electron chi connectivity index (χ3n) is 6.00. The lowest BCUT2D eigenvalue weighted by Gasteiger charge is -2.33. The molecule has 0 radical (unpaired) electrons. The van der Waals surface area contributed by atoms with E-state index in [1.54, 1.807) is 4.90 Å². The van der Waals surface area contributed by atoms with Crippen molar-refractivity contribution in [3.8, 4) is 0 Å². The number of nitrogens with one attached hydrogen (secondary N) is 1. The first-order valence-electron chi connectivity index (χ1n) is 10.7. The van der Waals surface area contributed by atoms with Gasteiger partial charge in [-0.3, -0.25) is 4.79 Å². The van der Waals surface area contributed by atoms with Crippen LogP contribution in [0.1, 0.15) is 49.3 Å². The van der Waals surface area contributed by atoms with Crippen molar-refractivity contribution in [2.75, 3.05) is 19.6 Å². The molecule has 152 valence electrons. The average molecular weight is 392 g/mol. The van der Waals surface area contributed by atoms with Crippen molar-refractivity contribution in [3.63, 3.8) is 0 Å². The number of urea groups is 1. The molecule has 0 saturated carbocycles. The first-order chi connectivity index (χ1) is 14.2. The lowest BCUT2D eigenvalue weighted by Crippen LogP contribution is -2.52. The first-order valence-corrected chi connectivity index (χ1v) is 10.7. The molecule has 0 spiro atoms. The van der Waals surface area contributed by atoms with Gasteiger partial charge in [-0.1, -0.05) is 60.7 Å². The van der Waals surface area contributed by atoms with E-state index in [4.69, 9.17) is 0 Å². The van der Waals surface area contributed by atoms with E-state index in [1.807, 2.05) is 65.6 Å². The minimum absolute atomic E-state index is 0.119. The minimum atomic E-state index is -0.333. The van der Waals surface area contributed by atoms with Crippen molar-refractivity contribution in [2.45, 2.75) is 44.2 Å². The van der Waals surface area contributed by atoms with Crippen LogP contribution >= 0.6 is 0 Å². The molecule has 1 atom stereocenters. The number of rotatable bonds is 4. The second-order valence-corrected chi connectivity index (χ2v) is 7.94. The first kappa shape index (κ1) is 19.5. The van der Waals surface area contributed by atoms with Crippen molar-refractivity contribution in [1.29, 1.82) is 0 Å². The van der Waals surface area contributed by atoms with Crippen molar-refractivity contribution < 1.29 is 9.59 Å². The maximum atomic E-state index is 13.2. The number of nitrogens with zero attached hydrogens (tertiary/aromatic N) is 2. The molecule has 5 nitrogen and oxygen atoms in total. The van der Waals surface area contributed by atoms with E-state index in [0.29, 0.717) is 6.54 Å². The summed E-state index contributed by atoms with van der Waals surface area (Å²) in [4.78, 5) is 30.0. The number of amides is 3. The van der Waals surface area contributed by atoms with E-state index < -0.39 is 0 Å². The van der Waals surface area contributed by atoms with Gasteiger partial charge in [0.25, 0.3) is 0 Å². The molecule has 2 aromatic carbocycles. The number of hydrogen-bond acceptors (Lipinski definition) is 2. The number of carbonyl (C=O) groups excluding carboxylic acids is 2. The number of benzene rings is 2. The van der Waals surface area contributed by atoms with Gasteiger partial charge in [0.1, 0.15) is 6.04 Å². The number of likely N-dealkylation sites (tertiary alicyclic amines) is 2. The fraction of sp³-hybridized carbons (Fsp3) is 0.417. The number of piperidine rings is 1. The fourth-order valence-electron chi connectivity index (χ4n) is 4.45. The van der Waals surface area contributed by atoms with E-state index in [-0.39, 0.29) is 24.0 Å². The van der Waals surface area contributed by atoms with Crippen LogP contribution in [0.2, 0.25) is 0 Å². The molecule has 2 saturated heterocycles. The molecule has 2 aliphatic rings. The highest BCUT2D eigenvalue weighted by Gasteiger charge is 2.37. The summed E-state index contributed by atoms with van der Waals surface area (Å²) < 4.78 is 0. The molecule has 0 aromatic heterocycles. The maximum absolute atomic E-state index is 13.2. The van der Waals surface area contributed by atoms with Crippen LogP contribution in [-0.2, 0) is 4.79 Å². The predicted molar refractivity (Wildman–Crippen MR) is 113 cm³/mol. The van der Waals surface area contributed by atoms with Gasteiger partial charge in [-0.05, 0) is 43.2 Å². The molecule has 3 amide bonds. The zero-order chi connectivity index (χ0) is 20.1. The summed E-state index contributed by atoms with van der Waals surface area (Å²) in [5.41, 5.74) is 2.07. The molecule has 29 heavy (non-hydrogen) atoms. The molecular weight excluding hydrogens is 362 g/mol. The van der Waals surface area contributed by atoms with Crippen LogP contribution in [0, 0.1) is 0 Å². The smallest absolute Gasteiger partial charge is 0.318 e. The standard InChI is InChI=1S/C24H29N3O2/c28-23(26-16-8-3-9-17-26)21-15-10-18-27(21)24(29)25-22(19-11-4-1-5-12-19)20-13-6-2-7-14-20/h1-2,4-7,11-14,21-22H,3,8-10,15-18H2,(H,25,29)/t21-/m0/s1. The van der Waals surface area contributed by atoms with Crippen molar-refractivity contribution >= 4 is 11.9 Å². The van der Waals surface area contributed by atoms with E-state index in [0.717, 1.165) is 49.9 Å². The largest absolute Gasteiger partial charge is 0.341 e. The van der Waals surface area contributed by atoms with Gasteiger partial charge < -0.3 is 15.1 Å². The predicted octanol–water partition coefficient (Wildman–Crippen LogP) is 3.96. The van der Waals surface area contributed by atoms with Crippen LogP contribution in [0.5, 0.6) is 0 Å². The van der Waals surface area contributed by atoms with Crippen LogP contribution in [0.15, 0.2) is 60.7 Å². The summed E-state index contributed by atoms with van der Waals surface area (Å²) in [6.45, 7) is 2.27. The average Bonchev–Trinajstić information content (AvgIpc) is 3.29. The Morgan fingerprint density at radius 2 is 1.38 bits per heavy atom. The molecule has 0 aliphatic carbocycles. The minimum Gasteiger partial charge on any atom is -0.341 e. The Morgan fingerprint density at radius 3 is 1.97 bits per heavy atom. The Morgan fingerprint density at radius 1 is 0.793 bits per heavy atom. The van der Waals surface area contributed by atoms with Crippen molar-refractivity contribution in [1.82, 2.24) is 15.1 Å². The quantitative estimate of drug-likeness (QED) is 0.858. The summed E-state index contributed by atoms with van der Waals surface area (Å²) in [7, 11) is 0. The third-order valence-corrected chi connectivity index (χ3v) is 6.00. The molecule has 0 bridgehead atoms. The van der Waals surface area contributed by atoms with Crippen molar-refractivity contribution in [2.24, 2.45) is 0 Å². The third kappa shape index (κ3) is 4.44. The van der Waals surface area contributed by atoms with E-state index >= 15 is 0 Å². The number of hydrogen-bond donors (Lipinski definition) is 1. The molecule has 5 heteroatoms. The monoisotopic (exact) mass is 391 g/mol. The summed E-state index contributed by atoms with van der Waals surface area (Å²) in [5.74, 6) is 0.119. The van der Waals surface area contributed by atoms with Gasteiger partial charge in [0.05, 0.1) is 6.04 Å². The zero-order valence-electron chi connectivity index (χ0n) is 16.8. The van der Waals surface area contributed by atoms with Gasteiger partial charge in [-0.2, -0.15) is 0 Å². The summed E-state index contributed by atoms with van der Waals surface area (Å²) >= 11 is 0. The topological polar surface area (TPSA) is 52.7 Å². The molecule has 4 rings (SSSR count). The second kappa shape index (κ2) is 9.12. The zero-order valence-corrected chi connectivity index (χ0v) is 16.8. The molecular formula is C24H29N3O2. The molecule has 2 aromatic rings. The van der Waals surface area contributed by atoms with Crippen LogP contribution < -0.4 is 5.32 Å². The van der Waals surface area contributed by atoms with Gasteiger partial charge >= 0.3 is 6.03 Å². The van der Waals surface area contributed by atoms with Gasteiger partial charge in [-0.25, -0.2) is 4.79 Å². The maximum Gasteiger partial charge on any atom is 0.318 e. The second-order valence-electron chi connectivity index (χ2n) is 7.94. The van der Waals surface area contributed by atoms with E-state index in [2.05, 4.69) is 5.32 Å². The van der Waals surface area contributed by atoms with Gasteiger partial charge in [0.15, 0.2) is 0 Å². The molecule has 0 unspecified atom stereocenters. The Kier molecular flexibility index (Phi) is 6.13. The van der Waals surface area contributed by atoms with Gasteiger partial charge in [-0.15, -0.1) is 0 Å². The summed E-state index contributed by atoms with van der Waals surface area (Å²) in [5, 5.41) is 3.20. The van der Waals surface area contributed by atoms with Crippen LogP contribution in [0.3, 0.4) is 0 Å². The van der Waals surface area contributed by atoms with Crippen LogP contribution in [-0.4, -0.2) is 47.4 Å².